The van der Waals surface area contributed by atoms with Crippen molar-refractivity contribution in [2.45, 2.75) is 30.2 Å². The lowest BCUT2D eigenvalue weighted by molar-refractivity contribution is 0.305. The molecule has 0 unspecified atom stereocenters. The van der Waals surface area contributed by atoms with Crippen LogP contribution in [-0.4, -0.2) is 40.3 Å². The number of nitrogens with zero attached hydrogens (tertiary/aromatic N) is 1. The number of piperidine rings is 1. The van der Waals surface area contributed by atoms with Crippen LogP contribution in [0.1, 0.15) is 19.8 Å². The summed E-state index contributed by atoms with van der Waals surface area (Å²) in [7, 11) is -1.09. The van der Waals surface area contributed by atoms with Gasteiger partial charge >= 0.3 is 0 Å². The van der Waals surface area contributed by atoms with Crippen molar-refractivity contribution in [3.8, 4) is 0 Å². The highest BCUT2D eigenvalue weighted by Gasteiger charge is 2.28. The molecule has 0 aromatic heterocycles. The Morgan fingerprint density at radius 3 is 2.11 bits per heavy atom. The maximum atomic E-state index is 11.4. The summed E-state index contributed by atoms with van der Waals surface area (Å²) in [6.07, 6.45) is 3.43. The van der Waals surface area contributed by atoms with Gasteiger partial charge in [-0.2, -0.15) is 0 Å². The fourth-order valence-electron chi connectivity index (χ4n) is 2.41. The predicted octanol–water partition coefficient (Wildman–Crippen LogP) is 1.67. The maximum absolute atomic E-state index is 11.4. The normalized spacial score (nSPS) is 19.4. The molecule has 1 aliphatic heterocycles. The van der Waals surface area contributed by atoms with Crippen LogP contribution in [0, 0.1) is 0 Å². The first kappa shape index (κ1) is 14.3. The lowest BCUT2D eigenvalue weighted by atomic mass is 9.90. The Labute approximate surface area is 115 Å². The molecule has 1 saturated heterocycles. The third-order valence-corrected chi connectivity index (χ3v) is 5.23. The van der Waals surface area contributed by atoms with Gasteiger partial charge in [-0.15, -0.1) is 0 Å². The summed E-state index contributed by atoms with van der Waals surface area (Å²) in [5, 5.41) is 3.38. The van der Waals surface area contributed by atoms with E-state index in [-0.39, 0.29) is 5.54 Å². The van der Waals surface area contributed by atoms with Crippen molar-refractivity contribution < 1.29 is 8.42 Å². The van der Waals surface area contributed by atoms with Gasteiger partial charge < -0.3 is 10.2 Å². The third kappa shape index (κ3) is 3.28. The van der Waals surface area contributed by atoms with E-state index in [1.165, 1.54) is 6.26 Å². The van der Waals surface area contributed by atoms with Gasteiger partial charge in [0.15, 0.2) is 9.84 Å². The number of nitrogens with one attached hydrogen (secondary N) is 1. The third-order valence-electron chi connectivity index (χ3n) is 4.10. The molecule has 1 aromatic carbocycles. The molecule has 1 heterocycles. The van der Waals surface area contributed by atoms with Gasteiger partial charge in [-0.1, -0.05) is 0 Å². The Hall–Kier alpha value is -1.07. The number of rotatable bonds is 3. The summed E-state index contributed by atoms with van der Waals surface area (Å²) >= 11 is 0. The Bertz CT molecular complexity index is 529. The van der Waals surface area contributed by atoms with Gasteiger partial charge in [-0.25, -0.2) is 8.42 Å². The van der Waals surface area contributed by atoms with Gasteiger partial charge in [-0.05, 0) is 51.1 Å². The SMILES string of the molecule is CNC1(C)CCN(c2ccc(S(C)(=O)=O)cc2)CC1. The first-order chi connectivity index (χ1) is 8.84. The van der Waals surface area contributed by atoms with E-state index in [0.29, 0.717) is 4.90 Å². The van der Waals surface area contributed by atoms with E-state index in [1.54, 1.807) is 12.1 Å². The molecule has 0 aliphatic carbocycles. The Morgan fingerprint density at radius 1 is 1.16 bits per heavy atom. The molecule has 5 heteroatoms. The minimum absolute atomic E-state index is 0.225. The van der Waals surface area contributed by atoms with Gasteiger partial charge in [-0.3, -0.25) is 0 Å². The highest BCUT2D eigenvalue weighted by molar-refractivity contribution is 7.90. The van der Waals surface area contributed by atoms with Crippen molar-refractivity contribution in [1.29, 1.82) is 0 Å². The van der Waals surface area contributed by atoms with Crippen LogP contribution in [0.3, 0.4) is 0 Å². The largest absolute Gasteiger partial charge is 0.371 e. The Kier molecular flexibility index (Phi) is 3.87. The summed E-state index contributed by atoms with van der Waals surface area (Å²) in [5.74, 6) is 0. The first-order valence-electron chi connectivity index (χ1n) is 6.58. The highest BCUT2D eigenvalue weighted by Crippen LogP contribution is 2.26. The average molecular weight is 282 g/mol. The smallest absolute Gasteiger partial charge is 0.175 e. The van der Waals surface area contributed by atoms with E-state index in [9.17, 15) is 8.42 Å². The molecule has 19 heavy (non-hydrogen) atoms. The molecule has 0 saturated carbocycles. The number of sulfone groups is 1. The summed E-state index contributed by atoms with van der Waals surface area (Å²) in [4.78, 5) is 2.69. The van der Waals surface area contributed by atoms with Crippen LogP contribution in [0.4, 0.5) is 5.69 Å². The molecule has 0 atom stereocenters. The Balaban J connectivity index is 2.09. The lowest BCUT2D eigenvalue weighted by Crippen LogP contribution is -2.50. The number of anilines is 1. The van der Waals surface area contributed by atoms with Crippen LogP contribution in [-0.2, 0) is 9.84 Å². The van der Waals surface area contributed by atoms with E-state index in [1.807, 2.05) is 19.2 Å². The van der Waals surface area contributed by atoms with Gasteiger partial charge in [0, 0.05) is 30.6 Å². The van der Waals surface area contributed by atoms with Gasteiger partial charge in [0.05, 0.1) is 4.90 Å². The van der Waals surface area contributed by atoms with E-state index < -0.39 is 9.84 Å². The molecule has 0 spiro atoms. The molecular formula is C14H22N2O2S. The van der Waals surface area contributed by atoms with Crippen molar-refractivity contribution in [2.24, 2.45) is 0 Å². The fourth-order valence-corrected chi connectivity index (χ4v) is 3.04. The lowest BCUT2D eigenvalue weighted by Gasteiger charge is -2.40. The molecule has 106 valence electrons. The van der Waals surface area contributed by atoms with Crippen molar-refractivity contribution in [3.05, 3.63) is 24.3 Å². The average Bonchev–Trinajstić information content (AvgIpc) is 2.39. The number of hydrogen-bond donors (Lipinski definition) is 1. The molecule has 1 fully saturated rings. The maximum Gasteiger partial charge on any atom is 0.175 e. The summed E-state index contributed by atoms with van der Waals surface area (Å²) in [6.45, 7) is 4.24. The van der Waals surface area contributed by atoms with Gasteiger partial charge in [0.1, 0.15) is 0 Å². The fraction of sp³-hybridized carbons (Fsp3) is 0.571. The summed E-state index contributed by atoms with van der Waals surface area (Å²) < 4.78 is 22.8. The molecule has 0 amide bonds. The van der Waals surface area contributed by atoms with E-state index in [2.05, 4.69) is 17.1 Å². The van der Waals surface area contributed by atoms with Gasteiger partial charge in [0.25, 0.3) is 0 Å². The predicted molar refractivity (Wildman–Crippen MR) is 78.5 cm³/mol. The monoisotopic (exact) mass is 282 g/mol. The van der Waals surface area contributed by atoms with E-state index >= 15 is 0 Å². The second-order valence-corrected chi connectivity index (χ2v) is 7.58. The molecule has 1 N–H and O–H groups in total. The van der Waals surface area contributed by atoms with Crippen molar-refractivity contribution in [3.63, 3.8) is 0 Å². The van der Waals surface area contributed by atoms with Crippen LogP contribution >= 0.6 is 0 Å². The zero-order chi connectivity index (χ0) is 14.1. The van der Waals surface area contributed by atoms with Crippen LogP contribution in [0.2, 0.25) is 0 Å². The highest BCUT2D eigenvalue weighted by atomic mass is 32.2. The van der Waals surface area contributed by atoms with E-state index in [4.69, 9.17) is 0 Å². The molecule has 1 aromatic rings. The molecule has 4 nitrogen and oxygen atoms in total. The number of benzene rings is 1. The van der Waals surface area contributed by atoms with E-state index in [0.717, 1.165) is 31.6 Å². The van der Waals surface area contributed by atoms with Crippen molar-refractivity contribution in [2.75, 3.05) is 31.3 Å². The molecule has 0 radical (unpaired) electrons. The van der Waals surface area contributed by atoms with Crippen LogP contribution < -0.4 is 10.2 Å². The van der Waals surface area contributed by atoms with Crippen LogP contribution in [0.25, 0.3) is 0 Å². The standard InChI is InChI=1S/C14H22N2O2S/c1-14(15-2)8-10-16(11-9-14)12-4-6-13(7-5-12)19(3,17)18/h4-7,15H,8-11H2,1-3H3. The number of hydrogen-bond acceptors (Lipinski definition) is 4. The Morgan fingerprint density at radius 2 is 1.68 bits per heavy atom. The zero-order valence-electron chi connectivity index (χ0n) is 11.8. The molecular weight excluding hydrogens is 260 g/mol. The van der Waals surface area contributed by atoms with Crippen LogP contribution in [0.5, 0.6) is 0 Å². The molecule has 2 rings (SSSR count). The van der Waals surface area contributed by atoms with Crippen molar-refractivity contribution in [1.82, 2.24) is 5.32 Å². The minimum atomic E-state index is -3.10. The zero-order valence-corrected chi connectivity index (χ0v) is 12.6. The van der Waals surface area contributed by atoms with Crippen LogP contribution in [0.15, 0.2) is 29.2 Å². The molecule has 1 aliphatic rings. The van der Waals surface area contributed by atoms with Gasteiger partial charge in [0.2, 0.25) is 0 Å². The first-order valence-corrected chi connectivity index (χ1v) is 8.47. The summed E-state index contributed by atoms with van der Waals surface area (Å²) in [6, 6.07) is 7.18. The minimum Gasteiger partial charge on any atom is -0.371 e. The topological polar surface area (TPSA) is 49.4 Å². The second kappa shape index (κ2) is 5.13. The summed E-state index contributed by atoms with van der Waals surface area (Å²) in [5.41, 5.74) is 1.33. The molecule has 0 bridgehead atoms. The quantitative estimate of drug-likeness (QED) is 0.916. The second-order valence-electron chi connectivity index (χ2n) is 5.56. The van der Waals surface area contributed by atoms with Crippen molar-refractivity contribution >= 4 is 15.5 Å².